The average Bonchev–Trinajstić information content (AvgIpc) is 3.18. The zero-order valence-corrected chi connectivity index (χ0v) is 18.1. The number of rotatable bonds is 8. The van der Waals surface area contributed by atoms with Crippen LogP contribution in [0.5, 0.6) is 11.5 Å². The number of carbonyl (C=O) groups excluding carboxylic acids is 2. The molecule has 2 aromatic rings. The molecule has 0 fully saturated rings. The SMILES string of the molecule is Cc1ccccc1CN(C(=O)CCc1ccc2c(c1)OCO2)[C@@H](C)C(=O)NC(C)C. The van der Waals surface area contributed by atoms with Crippen LogP contribution in [0.4, 0.5) is 0 Å². The van der Waals surface area contributed by atoms with Gasteiger partial charge >= 0.3 is 0 Å². The molecule has 0 aliphatic carbocycles. The van der Waals surface area contributed by atoms with Gasteiger partial charge in [-0.25, -0.2) is 0 Å². The van der Waals surface area contributed by atoms with Gasteiger partial charge in [-0.05, 0) is 62.9 Å². The van der Waals surface area contributed by atoms with Gasteiger partial charge in [0.15, 0.2) is 11.5 Å². The lowest BCUT2D eigenvalue weighted by Crippen LogP contribution is -2.49. The van der Waals surface area contributed by atoms with Gasteiger partial charge in [-0.1, -0.05) is 30.3 Å². The summed E-state index contributed by atoms with van der Waals surface area (Å²) < 4.78 is 10.8. The van der Waals surface area contributed by atoms with Crippen LogP contribution in [0.1, 0.15) is 43.9 Å². The number of nitrogens with one attached hydrogen (secondary N) is 1. The molecule has 30 heavy (non-hydrogen) atoms. The van der Waals surface area contributed by atoms with Crippen LogP contribution in [-0.2, 0) is 22.6 Å². The second kappa shape index (κ2) is 9.65. The van der Waals surface area contributed by atoms with Gasteiger partial charge in [0, 0.05) is 19.0 Å². The van der Waals surface area contributed by atoms with Crippen molar-refractivity contribution in [1.29, 1.82) is 0 Å². The summed E-state index contributed by atoms with van der Waals surface area (Å²) in [4.78, 5) is 27.5. The monoisotopic (exact) mass is 410 g/mol. The number of nitrogens with zero attached hydrogens (tertiary/aromatic N) is 1. The molecule has 0 saturated heterocycles. The largest absolute Gasteiger partial charge is 0.454 e. The molecule has 1 atom stereocenters. The standard InChI is InChI=1S/C24H30N2O4/c1-16(2)25-24(28)18(4)26(14-20-8-6-5-7-17(20)3)23(27)12-10-19-9-11-21-22(13-19)30-15-29-21/h5-9,11,13,16,18H,10,12,14-15H2,1-4H3,(H,25,28)/t18-/m0/s1. The minimum Gasteiger partial charge on any atom is -0.454 e. The van der Waals surface area contributed by atoms with Gasteiger partial charge in [0.25, 0.3) is 0 Å². The maximum Gasteiger partial charge on any atom is 0.242 e. The molecule has 1 aliphatic heterocycles. The second-order valence-corrected chi connectivity index (χ2v) is 7.98. The highest BCUT2D eigenvalue weighted by Gasteiger charge is 2.26. The Kier molecular flexibility index (Phi) is 6.98. The van der Waals surface area contributed by atoms with E-state index in [0.29, 0.717) is 25.1 Å². The highest BCUT2D eigenvalue weighted by molar-refractivity contribution is 5.87. The molecule has 1 heterocycles. The van der Waals surface area contributed by atoms with E-state index in [0.717, 1.165) is 22.4 Å². The smallest absolute Gasteiger partial charge is 0.242 e. The number of benzene rings is 2. The molecule has 0 spiro atoms. The Morgan fingerprint density at radius 3 is 2.53 bits per heavy atom. The fraction of sp³-hybridized carbons (Fsp3) is 0.417. The predicted octanol–water partition coefficient (Wildman–Crippen LogP) is 3.60. The van der Waals surface area contributed by atoms with Gasteiger partial charge in [-0.2, -0.15) is 0 Å². The van der Waals surface area contributed by atoms with Crippen molar-refractivity contribution in [3.63, 3.8) is 0 Å². The minimum absolute atomic E-state index is 0.0176. The molecule has 0 radical (unpaired) electrons. The predicted molar refractivity (Wildman–Crippen MR) is 115 cm³/mol. The fourth-order valence-electron chi connectivity index (χ4n) is 3.45. The highest BCUT2D eigenvalue weighted by Crippen LogP contribution is 2.32. The van der Waals surface area contributed by atoms with E-state index in [1.807, 2.05) is 63.2 Å². The molecule has 0 saturated carbocycles. The van der Waals surface area contributed by atoms with Gasteiger partial charge in [0.2, 0.25) is 18.6 Å². The average molecular weight is 411 g/mol. The first-order chi connectivity index (χ1) is 14.3. The van der Waals surface area contributed by atoms with Gasteiger partial charge in [-0.15, -0.1) is 0 Å². The highest BCUT2D eigenvalue weighted by atomic mass is 16.7. The van der Waals surface area contributed by atoms with Gasteiger partial charge < -0.3 is 19.7 Å². The molecule has 6 heteroatoms. The summed E-state index contributed by atoms with van der Waals surface area (Å²) in [5.41, 5.74) is 3.14. The number of hydrogen-bond donors (Lipinski definition) is 1. The van der Waals surface area contributed by atoms with E-state index in [1.54, 1.807) is 11.8 Å². The maximum absolute atomic E-state index is 13.2. The van der Waals surface area contributed by atoms with Crippen molar-refractivity contribution in [3.05, 3.63) is 59.2 Å². The molecule has 2 amide bonds. The zero-order valence-electron chi connectivity index (χ0n) is 18.1. The lowest BCUT2D eigenvalue weighted by Gasteiger charge is -2.30. The number of aryl methyl sites for hydroxylation is 2. The Balaban J connectivity index is 1.73. The van der Waals surface area contributed by atoms with E-state index in [4.69, 9.17) is 9.47 Å². The maximum atomic E-state index is 13.2. The Morgan fingerprint density at radius 2 is 1.80 bits per heavy atom. The molecule has 160 valence electrons. The first-order valence-corrected chi connectivity index (χ1v) is 10.4. The topological polar surface area (TPSA) is 67.9 Å². The normalized spacial score (nSPS) is 13.2. The first kappa shape index (κ1) is 21.7. The molecule has 1 aliphatic rings. The summed E-state index contributed by atoms with van der Waals surface area (Å²) in [5.74, 6) is 1.24. The van der Waals surface area contributed by atoms with Crippen molar-refractivity contribution in [2.75, 3.05) is 6.79 Å². The third kappa shape index (κ3) is 5.32. The van der Waals surface area contributed by atoms with E-state index in [-0.39, 0.29) is 24.6 Å². The minimum atomic E-state index is -0.559. The Labute approximate surface area is 178 Å². The summed E-state index contributed by atoms with van der Waals surface area (Å²) in [6, 6.07) is 13.1. The molecular formula is C24H30N2O4. The summed E-state index contributed by atoms with van der Waals surface area (Å²) in [7, 11) is 0. The summed E-state index contributed by atoms with van der Waals surface area (Å²) in [5, 5.41) is 2.92. The molecule has 1 N–H and O–H groups in total. The van der Waals surface area contributed by atoms with Crippen LogP contribution in [0.25, 0.3) is 0 Å². The third-order valence-electron chi connectivity index (χ3n) is 5.26. The summed E-state index contributed by atoms with van der Waals surface area (Å²) in [6.45, 7) is 8.26. The van der Waals surface area contributed by atoms with Crippen LogP contribution in [0.2, 0.25) is 0 Å². The molecule has 6 nitrogen and oxygen atoms in total. The van der Waals surface area contributed by atoms with Gasteiger partial charge in [0.1, 0.15) is 6.04 Å². The summed E-state index contributed by atoms with van der Waals surface area (Å²) >= 11 is 0. The van der Waals surface area contributed by atoms with Gasteiger partial charge in [-0.3, -0.25) is 9.59 Å². The van der Waals surface area contributed by atoms with Gasteiger partial charge in [0.05, 0.1) is 0 Å². The quantitative estimate of drug-likeness (QED) is 0.722. The summed E-state index contributed by atoms with van der Waals surface area (Å²) in [6.07, 6.45) is 0.878. The van der Waals surface area contributed by atoms with Crippen molar-refractivity contribution >= 4 is 11.8 Å². The van der Waals surface area contributed by atoms with E-state index < -0.39 is 6.04 Å². The molecule has 0 aromatic heterocycles. The molecule has 2 aromatic carbocycles. The van der Waals surface area contributed by atoms with Crippen LogP contribution in [-0.4, -0.2) is 35.6 Å². The van der Waals surface area contributed by atoms with Crippen LogP contribution >= 0.6 is 0 Å². The van der Waals surface area contributed by atoms with Crippen molar-refractivity contribution in [3.8, 4) is 11.5 Å². The number of hydrogen-bond acceptors (Lipinski definition) is 4. The zero-order chi connectivity index (χ0) is 21.7. The Hall–Kier alpha value is -3.02. The molecular weight excluding hydrogens is 380 g/mol. The van der Waals surface area contributed by atoms with Crippen molar-refractivity contribution in [2.24, 2.45) is 0 Å². The molecule has 0 unspecified atom stereocenters. The van der Waals surface area contributed by atoms with E-state index in [2.05, 4.69) is 5.32 Å². The lowest BCUT2D eigenvalue weighted by atomic mass is 10.1. The van der Waals surface area contributed by atoms with Crippen LogP contribution < -0.4 is 14.8 Å². The number of ether oxygens (including phenoxy) is 2. The van der Waals surface area contributed by atoms with Crippen molar-refractivity contribution in [2.45, 2.75) is 59.2 Å². The van der Waals surface area contributed by atoms with E-state index in [1.165, 1.54) is 0 Å². The van der Waals surface area contributed by atoms with E-state index in [9.17, 15) is 9.59 Å². The Bertz CT molecular complexity index is 910. The van der Waals surface area contributed by atoms with E-state index >= 15 is 0 Å². The van der Waals surface area contributed by atoms with Crippen LogP contribution in [0, 0.1) is 6.92 Å². The number of amides is 2. The number of carbonyl (C=O) groups is 2. The number of fused-ring (bicyclic) bond motifs is 1. The second-order valence-electron chi connectivity index (χ2n) is 7.98. The molecule has 0 bridgehead atoms. The van der Waals surface area contributed by atoms with Crippen LogP contribution in [0.15, 0.2) is 42.5 Å². The van der Waals surface area contributed by atoms with Crippen LogP contribution in [0.3, 0.4) is 0 Å². The lowest BCUT2D eigenvalue weighted by molar-refractivity contribution is -0.140. The fourth-order valence-corrected chi connectivity index (χ4v) is 3.45. The first-order valence-electron chi connectivity index (χ1n) is 10.4. The molecule has 3 rings (SSSR count). The van der Waals surface area contributed by atoms with Crippen molar-refractivity contribution < 1.29 is 19.1 Å². The Morgan fingerprint density at radius 1 is 1.07 bits per heavy atom. The third-order valence-corrected chi connectivity index (χ3v) is 5.26. The van der Waals surface area contributed by atoms with Crippen molar-refractivity contribution in [1.82, 2.24) is 10.2 Å².